The number of aliphatic hydroxyl groups is 1. The Kier molecular flexibility index (Phi) is 7.14. The van der Waals surface area contributed by atoms with E-state index in [1.165, 1.54) is 0 Å². The van der Waals surface area contributed by atoms with Crippen LogP contribution in [0.1, 0.15) is 6.92 Å². The van der Waals surface area contributed by atoms with E-state index in [9.17, 15) is 9.90 Å². The van der Waals surface area contributed by atoms with Crippen molar-refractivity contribution in [3.63, 3.8) is 0 Å². The Morgan fingerprint density at radius 2 is 1.72 bits per heavy atom. The number of hydrazine groups is 1. The number of hydrogen-bond donors (Lipinski definition) is 4. The van der Waals surface area contributed by atoms with Crippen molar-refractivity contribution in [2.75, 3.05) is 52.4 Å². The molecule has 0 spiro atoms. The van der Waals surface area contributed by atoms with E-state index in [2.05, 4.69) is 10.6 Å². The first-order valence-electron chi connectivity index (χ1n) is 6.40. The molecule has 0 radical (unpaired) electrons. The van der Waals surface area contributed by atoms with Gasteiger partial charge in [0, 0.05) is 45.8 Å². The van der Waals surface area contributed by atoms with Crippen molar-refractivity contribution in [3.8, 4) is 0 Å². The number of carbonyl (C=O) groups is 1. The number of β-amino-alcohol motifs (C(OH)–C–C–N with tert-alkyl or cyclic N) is 1. The van der Waals surface area contributed by atoms with E-state index >= 15 is 0 Å². The fourth-order valence-electron chi connectivity index (χ4n) is 1.97. The van der Waals surface area contributed by atoms with Crippen LogP contribution in [-0.2, 0) is 4.79 Å². The first-order chi connectivity index (χ1) is 8.59. The molecule has 1 saturated heterocycles. The summed E-state index contributed by atoms with van der Waals surface area (Å²) in [5.74, 6) is -0.851. The van der Waals surface area contributed by atoms with Crippen molar-refractivity contribution in [1.82, 2.24) is 20.7 Å². The first-order valence-corrected chi connectivity index (χ1v) is 6.40. The summed E-state index contributed by atoms with van der Waals surface area (Å²) in [4.78, 5) is 10.9. The highest BCUT2D eigenvalue weighted by molar-refractivity contribution is 5.68. The van der Waals surface area contributed by atoms with Crippen LogP contribution in [0.5, 0.6) is 0 Å². The normalized spacial score (nSPS) is 22.6. The predicted octanol–water partition coefficient (Wildman–Crippen LogP) is -1.84. The Hall–Kier alpha value is -0.730. The van der Waals surface area contributed by atoms with Gasteiger partial charge in [-0.05, 0) is 6.92 Å². The summed E-state index contributed by atoms with van der Waals surface area (Å²) < 4.78 is 0. The topological polar surface area (TPSA) is 88.1 Å². The van der Waals surface area contributed by atoms with E-state index in [0.29, 0.717) is 19.6 Å². The molecule has 0 aromatic rings. The molecule has 1 unspecified atom stereocenters. The number of rotatable bonds is 4. The maximum Gasteiger partial charge on any atom is 0.319 e. The minimum absolute atomic E-state index is 0.0333. The summed E-state index contributed by atoms with van der Waals surface area (Å²) >= 11 is 0. The number of aliphatic hydroxyl groups excluding tert-OH is 1. The molecule has 18 heavy (non-hydrogen) atoms. The molecule has 1 aliphatic heterocycles. The van der Waals surface area contributed by atoms with Gasteiger partial charge in [-0.15, -0.1) is 0 Å². The molecule has 0 saturated carbocycles. The highest BCUT2D eigenvalue weighted by Crippen LogP contribution is 2.00. The number of nitrogens with zero attached hydrogens (tertiary/aromatic N) is 2. The summed E-state index contributed by atoms with van der Waals surface area (Å²) in [7, 11) is 0. The van der Waals surface area contributed by atoms with Gasteiger partial charge in [-0.3, -0.25) is 4.79 Å². The van der Waals surface area contributed by atoms with Gasteiger partial charge in [0.05, 0.1) is 6.10 Å². The summed E-state index contributed by atoms with van der Waals surface area (Å²) in [5.41, 5.74) is 0. The number of carboxylic acids is 1. The summed E-state index contributed by atoms with van der Waals surface area (Å²) in [5, 5.41) is 28.7. The number of aliphatic carboxylic acids is 1. The van der Waals surface area contributed by atoms with Crippen molar-refractivity contribution >= 4 is 5.97 Å². The van der Waals surface area contributed by atoms with E-state index in [-0.39, 0.29) is 6.54 Å². The van der Waals surface area contributed by atoms with Crippen LogP contribution in [0.4, 0.5) is 0 Å². The smallest absolute Gasteiger partial charge is 0.319 e. The Bertz CT molecular complexity index is 250. The minimum atomic E-state index is -0.851. The molecule has 1 heterocycles. The lowest BCUT2D eigenvalue weighted by atomic mass is 10.3. The summed E-state index contributed by atoms with van der Waals surface area (Å²) in [6.07, 6.45) is -0.475. The Morgan fingerprint density at radius 1 is 1.17 bits per heavy atom. The minimum Gasteiger partial charge on any atom is -0.480 e. The Labute approximate surface area is 108 Å². The predicted molar refractivity (Wildman–Crippen MR) is 68.2 cm³/mol. The van der Waals surface area contributed by atoms with Crippen LogP contribution in [-0.4, -0.2) is 84.7 Å². The molecule has 7 nitrogen and oxygen atoms in total. The quantitative estimate of drug-likeness (QED) is 0.472. The average Bonchev–Trinajstić information content (AvgIpc) is 2.28. The first kappa shape index (κ1) is 15.3. The number of carboxylic acid groups (broad SMARTS) is 1. The highest BCUT2D eigenvalue weighted by atomic mass is 16.4. The fraction of sp³-hybridized carbons (Fsp3) is 0.909. The summed E-state index contributed by atoms with van der Waals surface area (Å²) in [6.45, 7) is 6.79. The van der Waals surface area contributed by atoms with Crippen molar-refractivity contribution in [3.05, 3.63) is 0 Å². The van der Waals surface area contributed by atoms with E-state index in [0.717, 1.165) is 26.2 Å². The van der Waals surface area contributed by atoms with Gasteiger partial charge in [-0.2, -0.15) is 0 Å². The second-order valence-electron chi connectivity index (χ2n) is 4.54. The van der Waals surface area contributed by atoms with Gasteiger partial charge >= 0.3 is 5.97 Å². The standard InChI is InChI=1S/C11H24N4O3/c1-10(16)8-14-6-4-12-2-3-13-5-7-15(14)9-11(17)18/h10,12-13,16H,2-9H2,1H3,(H,17,18). The average molecular weight is 260 g/mol. The summed E-state index contributed by atoms with van der Waals surface area (Å²) in [6, 6.07) is 0. The second kappa shape index (κ2) is 8.39. The van der Waals surface area contributed by atoms with Gasteiger partial charge < -0.3 is 20.8 Å². The lowest BCUT2D eigenvalue weighted by Gasteiger charge is -2.35. The molecule has 1 fully saturated rings. The molecule has 1 rings (SSSR count). The molecule has 0 aromatic heterocycles. The molecule has 0 bridgehead atoms. The lowest BCUT2D eigenvalue weighted by Crippen LogP contribution is -2.53. The molecular weight excluding hydrogens is 236 g/mol. The van der Waals surface area contributed by atoms with Crippen molar-refractivity contribution in [1.29, 1.82) is 0 Å². The molecule has 0 aliphatic carbocycles. The van der Waals surface area contributed by atoms with Crippen molar-refractivity contribution in [2.24, 2.45) is 0 Å². The SMILES string of the molecule is CC(O)CN1CCNCCNCCN1CC(=O)O. The van der Waals surface area contributed by atoms with Crippen LogP contribution in [0.3, 0.4) is 0 Å². The monoisotopic (exact) mass is 260 g/mol. The van der Waals surface area contributed by atoms with Crippen LogP contribution < -0.4 is 10.6 Å². The Balaban J connectivity index is 2.61. The van der Waals surface area contributed by atoms with Crippen LogP contribution in [0, 0.1) is 0 Å². The molecule has 0 amide bonds. The lowest BCUT2D eigenvalue weighted by molar-refractivity contribution is -0.145. The number of nitrogens with one attached hydrogen (secondary N) is 2. The van der Waals surface area contributed by atoms with Crippen LogP contribution in [0.15, 0.2) is 0 Å². The van der Waals surface area contributed by atoms with Crippen LogP contribution >= 0.6 is 0 Å². The zero-order valence-electron chi connectivity index (χ0n) is 10.9. The Morgan fingerprint density at radius 3 is 2.22 bits per heavy atom. The van der Waals surface area contributed by atoms with Gasteiger partial charge in [0.15, 0.2) is 0 Å². The third-order valence-electron chi connectivity index (χ3n) is 2.76. The third-order valence-corrected chi connectivity index (χ3v) is 2.76. The van der Waals surface area contributed by atoms with E-state index in [4.69, 9.17) is 5.11 Å². The molecule has 0 aromatic carbocycles. The van der Waals surface area contributed by atoms with E-state index < -0.39 is 12.1 Å². The fourth-order valence-corrected chi connectivity index (χ4v) is 1.97. The molecule has 1 atom stereocenters. The van der Waals surface area contributed by atoms with Gasteiger partial charge in [0.1, 0.15) is 6.54 Å². The number of hydrogen-bond acceptors (Lipinski definition) is 6. The largest absolute Gasteiger partial charge is 0.480 e. The highest BCUT2D eigenvalue weighted by Gasteiger charge is 2.19. The van der Waals surface area contributed by atoms with Crippen molar-refractivity contribution in [2.45, 2.75) is 13.0 Å². The maximum absolute atomic E-state index is 10.9. The van der Waals surface area contributed by atoms with Crippen molar-refractivity contribution < 1.29 is 15.0 Å². The maximum atomic E-state index is 10.9. The molecule has 4 N–H and O–H groups in total. The zero-order valence-corrected chi connectivity index (χ0v) is 10.9. The molecule has 1 aliphatic rings. The van der Waals surface area contributed by atoms with Gasteiger partial charge in [-0.25, -0.2) is 10.0 Å². The zero-order chi connectivity index (χ0) is 13.4. The van der Waals surface area contributed by atoms with Gasteiger partial charge in [-0.1, -0.05) is 0 Å². The van der Waals surface area contributed by atoms with E-state index in [1.54, 1.807) is 11.9 Å². The molecular formula is C11H24N4O3. The third kappa shape index (κ3) is 6.27. The van der Waals surface area contributed by atoms with Crippen LogP contribution in [0.25, 0.3) is 0 Å². The molecule has 106 valence electrons. The van der Waals surface area contributed by atoms with Gasteiger partial charge in [0.25, 0.3) is 0 Å². The van der Waals surface area contributed by atoms with E-state index in [1.807, 2.05) is 5.01 Å². The van der Waals surface area contributed by atoms with Gasteiger partial charge in [0.2, 0.25) is 0 Å². The van der Waals surface area contributed by atoms with Crippen LogP contribution in [0.2, 0.25) is 0 Å². The second-order valence-corrected chi connectivity index (χ2v) is 4.54. The molecule has 7 heteroatoms.